The Balaban J connectivity index is 1.29. The van der Waals surface area contributed by atoms with Crippen molar-refractivity contribution in [1.82, 2.24) is 9.88 Å². The summed E-state index contributed by atoms with van der Waals surface area (Å²) >= 11 is 0. The van der Waals surface area contributed by atoms with Gasteiger partial charge in [-0.05, 0) is 55.5 Å². The highest BCUT2D eigenvalue weighted by atomic mass is 32.2. The molecule has 1 aromatic heterocycles. The second-order valence-corrected chi connectivity index (χ2v) is 13.4. The van der Waals surface area contributed by atoms with Gasteiger partial charge in [0.05, 0.1) is 82.4 Å². The van der Waals surface area contributed by atoms with E-state index in [2.05, 4.69) is 32.3 Å². The Labute approximate surface area is 327 Å². The van der Waals surface area contributed by atoms with Crippen LogP contribution in [-0.4, -0.2) is 111 Å². The number of amides is 1. The van der Waals surface area contributed by atoms with Crippen LogP contribution in [0.3, 0.4) is 0 Å². The van der Waals surface area contributed by atoms with Gasteiger partial charge in [-0.2, -0.15) is 21.6 Å². The Morgan fingerprint density at radius 1 is 1.02 bits per heavy atom. The van der Waals surface area contributed by atoms with E-state index >= 15 is 0 Å². The van der Waals surface area contributed by atoms with Crippen LogP contribution in [-0.2, 0) is 40.8 Å². The highest BCUT2D eigenvalue weighted by Gasteiger charge is 2.30. The molecule has 0 atom stereocenters. The third kappa shape index (κ3) is 15.2. The van der Waals surface area contributed by atoms with Crippen molar-refractivity contribution in [1.29, 1.82) is 0 Å². The first-order valence-corrected chi connectivity index (χ1v) is 19.6. The number of carbonyl (C=O) groups is 1. The molecule has 3 N–H and O–H groups in total. The molecule has 2 aromatic carbocycles. The van der Waals surface area contributed by atoms with E-state index in [1.54, 1.807) is 36.4 Å². The van der Waals surface area contributed by atoms with E-state index in [4.69, 9.17) is 23.7 Å². The van der Waals surface area contributed by atoms with Gasteiger partial charge in [0.25, 0.3) is 0 Å². The van der Waals surface area contributed by atoms with E-state index < -0.39 is 23.2 Å². The number of methoxy groups -OCH3 is 1. The fourth-order valence-corrected chi connectivity index (χ4v) is 6.20. The van der Waals surface area contributed by atoms with Gasteiger partial charge in [-0.1, -0.05) is 29.8 Å². The average Bonchev–Trinajstić information content (AvgIpc) is 3.52. The van der Waals surface area contributed by atoms with Gasteiger partial charge in [-0.25, -0.2) is 5.01 Å². The first-order valence-electron chi connectivity index (χ1n) is 18.6. The molecular weight excluding hydrogens is 758 g/mol. The number of carbonyl (C=O) groups excluding carboxylic acids is 1. The summed E-state index contributed by atoms with van der Waals surface area (Å²) in [5.74, 6) is 6.22. The van der Waals surface area contributed by atoms with E-state index in [-0.39, 0.29) is 43.9 Å². The summed E-state index contributed by atoms with van der Waals surface area (Å²) in [7, 11) is -1.30. The van der Waals surface area contributed by atoms with Crippen LogP contribution in [0.2, 0.25) is 0 Å². The molecule has 2 heterocycles. The first kappa shape index (κ1) is 44.2. The van der Waals surface area contributed by atoms with Crippen LogP contribution in [0.1, 0.15) is 44.7 Å². The van der Waals surface area contributed by atoms with Crippen LogP contribution < -0.4 is 25.7 Å². The van der Waals surface area contributed by atoms with Crippen molar-refractivity contribution in [2.24, 2.45) is 4.47 Å². The Morgan fingerprint density at radius 3 is 2.45 bits per heavy atom. The van der Waals surface area contributed by atoms with Crippen molar-refractivity contribution in [3.63, 3.8) is 0 Å². The van der Waals surface area contributed by atoms with Crippen LogP contribution in [0.15, 0.2) is 46.9 Å². The Morgan fingerprint density at radius 2 is 1.75 bits per heavy atom. The van der Waals surface area contributed by atoms with Crippen molar-refractivity contribution in [2.45, 2.75) is 57.8 Å². The molecule has 1 fully saturated rings. The van der Waals surface area contributed by atoms with E-state index in [1.165, 1.54) is 16.7 Å². The molecule has 0 bridgehead atoms. The number of benzene rings is 2. The van der Waals surface area contributed by atoms with Gasteiger partial charge in [0, 0.05) is 49.4 Å². The molecule has 18 heteroatoms. The maximum absolute atomic E-state index is 13.7. The topological polar surface area (TPSA) is 154 Å². The highest BCUT2D eigenvalue weighted by Crippen LogP contribution is 2.32. The molecule has 56 heavy (non-hydrogen) atoms. The fourth-order valence-electron chi connectivity index (χ4n) is 5.86. The van der Waals surface area contributed by atoms with Crippen molar-refractivity contribution in [3.05, 3.63) is 48.2 Å². The third-order valence-corrected chi connectivity index (χ3v) is 8.94. The summed E-state index contributed by atoms with van der Waals surface area (Å²) < 4.78 is 96.4. The van der Waals surface area contributed by atoms with Crippen LogP contribution >= 0.6 is 0 Å². The molecule has 0 saturated carbocycles. The molecule has 308 valence electrons. The molecule has 1 amide bonds. The standard InChI is InChI=1S/C38H51F3N6O8S/c1-3-4-10-37(48)43-16-20-53-22-24-55-25-23-54-21-17-47(45-56(49)50)31-11-12-34(36(27-31)51-2)42-15-6-7-30-26-32-33(44-29-13-18-52-19-14-29)8-5-9-35(32)46(30)28-38(39,40)41/h5,8-9,11-12,26-27,29,42,44H,3-4,10,13-25,28H2,1-2H3,(H,43,48). The Bertz CT molecular complexity index is 1880. The predicted octanol–water partition coefficient (Wildman–Crippen LogP) is 5.41. The number of ether oxygens (including phenoxy) is 5. The second-order valence-electron chi connectivity index (χ2n) is 12.8. The Kier molecular flexibility index (Phi) is 18.5. The minimum absolute atomic E-state index is 0.0197. The van der Waals surface area contributed by atoms with Crippen molar-refractivity contribution >= 4 is 44.4 Å². The van der Waals surface area contributed by atoms with Gasteiger partial charge in [-0.3, -0.25) is 4.79 Å². The quantitative estimate of drug-likeness (QED) is 0.0641. The SMILES string of the molecule is CCCCC(=O)NCCOCCOCCOCCN(N=S(=O)=O)c1ccc(NCC#Cc2cc3c(NC4CCOCC4)cccc3n2CC(F)(F)F)c(OC)c1. The number of hydrogen-bond acceptors (Lipinski definition) is 11. The van der Waals surface area contributed by atoms with Crippen molar-refractivity contribution < 1.29 is 50.1 Å². The summed E-state index contributed by atoms with van der Waals surface area (Å²) in [5.41, 5.74) is 2.35. The molecule has 1 aliphatic heterocycles. The third-order valence-electron chi connectivity index (χ3n) is 8.61. The maximum Gasteiger partial charge on any atom is 0.406 e. The van der Waals surface area contributed by atoms with Gasteiger partial charge in [0.15, 0.2) is 0 Å². The van der Waals surface area contributed by atoms with E-state index in [0.29, 0.717) is 80.6 Å². The number of alkyl halides is 3. The van der Waals surface area contributed by atoms with Gasteiger partial charge < -0.3 is 44.2 Å². The number of hydrogen-bond donors (Lipinski definition) is 3. The monoisotopic (exact) mass is 808 g/mol. The zero-order valence-electron chi connectivity index (χ0n) is 31.8. The smallest absolute Gasteiger partial charge is 0.406 e. The van der Waals surface area contributed by atoms with Gasteiger partial charge in [0.2, 0.25) is 5.91 Å². The summed E-state index contributed by atoms with van der Waals surface area (Å²) in [4.78, 5) is 11.6. The number of halogens is 3. The van der Waals surface area contributed by atoms with E-state index in [1.807, 2.05) is 13.0 Å². The average molecular weight is 809 g/mol. The molecule has 0 spiro atoms. The van der Waals surface area contributed by atoms with Crippen LogP contribution in [0.4, 0.5) is 30.2 Å². The number of fused-ring (bicyclic) bond motifs is 1. The molecule has 1 aliphatic rings. The van der Waals surface area contributed by atoms with Crippen LogP contribution in [0, 0.1) is 11.8 Å². The van der Waals surface area contributed by atoms with E-state index in [9.17, 15) is 26.4 Å². The number of nitrogens with zero attached hydrogens (tertiary/aromatic N) is 3. The second kappa shape index (κ2) is 23.5. The molecule has 0 unspecified atom stereocenters. The van der Waals surface area contributed by atoms with Gasteiger partial charge >= 0.3 is 16.7 Å². The number of rotatable bonds is 23. The van der Waals surface area contributed by atoms with E-state index in [0.717, 1.165) is 31.4 Å². The maximum atomic E-state index is 13.7. The summed E-state index contributed by atoms with van der Waals surface area (Å²) in [5, 5.41) is 11.3. The highest BCUT2D eigenvalue weighted by molar-refractivity contribution is 7.61. The number of nitrogens with one attached hydrogen (secondary N) is 3. The summed E-state index contributed by atoms with van der Waals surface area (Å²) in [6.45, 7) is 4.58. The number of unbranched alkanes of at least 4 members (excludes halogenated alkanes) is 1. The largest absolute Gasteiger partial charge is 0.495 e. The number of anilines is 3. The lowest BCUT2D eigenvalue weighted by Crippen LogP contribution is -2.27. The van der Waals surface area contributed by atoms with Crippen molar-refractivity contribution in [3.8, 4) is 17.6 Å². The predicted molar refractivity (Wildman–Crippen MR) is 208 cm³/mol. The molecule has 1 saturated heterocycles. The molecular formula is C38H51F3N6O8S. The zero-order valence-corrected chi connectivity index (χ0v) is 32.6. The Hall–Kier alpha value is -4.54. The molecule has 3 aromatic rings. The van der Waals surface area contributed by atoms with Crippen molar-refractivity contribution in [2.75, 3.05) is 95.2 Å². The minimum atomic E-state index is -4.45. The lowest BCUT2D eigenvalue weighted by Gasteiger charge is -2.24. The minimum Gasteiger partial charge on any atom is -0.495 e. The molecule has 14 nitrogen and oxygen atoms in total. The molecule has 0 aliphatic carbocycles. The van der Waals surface area contributed by atoms with Gasteiger partial charge in [0.1, 0.15) is 12.3 Å². The molecule has 0 radical (unpaired) electrons. The van der Waals surface area contributed by atoms with Gasteiger partial charge in [-0.15, -0.1) is 0 Å². The van der Waals surface area contributed by atoms with Crippen LogP contribution in [0.5, 0.6) is 5.75 Å². The van der Waals surface area contributed by atoms with Crippen LogP contribution in [0.25, 0.3) is 10.9 Å². The lowest BCUT2D eigenvalue weighted by atomic mass is 10.1. The first-order chi connectivity index (χ1) is 27.1. The summed E-state index contributed by atoms with van der Waals surface area (Å²) in [6, 6.07) is 12.0. The fraction of sp³-hybridized carbons (Fsp3) is 0.553. The summed E-state index contributed by atoms with van der Waals surface area (Å²) in [6.07, 6.45) is -0.492. The molecule has 4 rings (SSSR count). The lowest BCUT2D eigenvalue weighted by molar-refractivity contribution is -0.140. The number of aromatic nitrogens is 1. The zero-order chi connectivity index (χ0) is 40.2. The normalized spacial score (nSPS) is 13.2.